The third-order valence-corrected chi connectivity index (χ3v) is 4.38. The second-order valence-corrected chi connectivity index (χ2v) is 6.58. The van der Waals surface area contributed by atoms with Crippen molar-refractivity contribution in [2.24, 2.45) is 0 Å². The van der Waals surface area contributed by atoms with Gasteiger partial charge in [-0.1, -0.05) is 61.2 Å². The SMILES string of the molecule is C=C(C)C(=O)NCCCc1nc2ccccc2n1C/C=C/c1ccccc1. The van der Waals surface area contributed by atoms with Gasteiger partial charge in [0.05, 0.1) is 11.0 Å². The maximum absolute atomic E-state index is 11.6. The molecule has 3 aromatic rings. The number of nitrogens with zero attached hydrogens (tertiary/aromatic N) is 2. The summed E-state index contributed by atoms with van der Waals surface area (Å²) in [5.74, 6) is 0.952. The van der Waals surface area contributed by atoms with E-state index in [2.05, 4.69) is 46.8 Å². The number of aryl methyl sites for hydroxylation is 1. The molecule has 0 aliphatic carbocycles. The van der Waals surface area contributed by atoms with Gasteiger partial charge in [-0.05, 0) is 31.0 Å². The van der Waals surface area contributed by atoms with E-state index >= 15 is 0 Å². The zero-order chi connectivity index (χ0) is 19.1. The summed E-state index contributed by atoms with van der Waals surface area (Å²) in [4.78, 5) is 16.4. The summed E-state index contributed by atoms with van der Waals surface area (Å²) in [7, 11) is 0. The Labute approximate surface area is 160 Å². The molecule has 1 heterocycles. The van der Waals surface area contributed by atoms with Crippen molar-refractivity contribution >= 4 is 23.0 Å². The molecule has 0 aliphatic heterocycles. The molecule has 0 radical (unpaired) electrons. The third kappa shape index (κ3) is 4.94. The molecule has 0 bridgehead atoms. The number of imidazole rings is 1. The molecule has 0 spiro atoms. The molecule has 1 aromatic heterocycles. The van der Waals surface area contributed by atoms with Crippen LogP contribution in [0.4, 0.5) is 0 Å². The van der Waals surface area contributed by atoms with E-state index in [0.29, 0.717) is 12.1 Å². The van der Waals surface area contributed by atoms with Gasteiger partial charge in [-0.3, -0.25) is 4.79 Å². The summed E-state index contributed by atoms with van der Waals surface area (Å²) in [6.45, 7) is 6.76. The van der Waals surface area contributed by atoms with Crippen LogP contribution < -0.4 is 5.32 Å². The molecule has 27 heavy (non-hydrogen) atoms. The number of carbonyl (C=O) groups is 1. The number of hydrogen-bond donors (Lipinski definition) is 1. The van der Waals surface area contributed by atoms with Gasteiger partial charge < -0.3 is 9.88 Å². The van der Waals surface area contributed by atoms with Crippen LogP contribution in [0.3, 0.4) is 0 Å². The number of benzene rings is 2. The minimum atomic E-state index is -0.0886. The Hall–Kier alpha value is -3.14. The molecule has 1 amide bonds. The van der Waals surface area contributed by atoms with Crippen LogP contribution in [0.25, 0.3) is 17.1 Å². The first-order valence-electron chi connectivity index (χ1n) is 9.24. The Bertz CT molecular complexity index is 954. The molecule has 0 unspecified atom stereocenters. The second kappa shape index (κ2) is 8.99. The molecule has 0 atom stereocenters. The molecule has 0 fully saturated rings. The van der Waals surface area contributed by atoms with Gasteiger partial charge in [-0.25, -0.2) is 4.98 Å². The van der Waals surface area contributed by atoms with Crippen LogP contribution >= 0.6 is 0 Å². The average molecular weight is 359 g/mol. The van der Waals surface area contributed by atoms with E-state index in [-0.39, 0.29) is 5.91 Å². The van der Waals surface area contributed by atoms with E-state index in [4.69, 9.17) is 4.98 Å². The zero-order valence-electron chi connectivity index (χ0n) is 15.7. The number of aromatic nitrogens is 2. The first-order valence-corrected chi connectivity index (χ1v) is 9.24. The molecule has 1 N–H and O–H groups in total. The Morgan fingerprint density at radius 2 is 1.89 bits per heavy atom. The number of fused-ring (bicyclic) bond motifs is 1. The lowest BCUT2D eigenvalue weighted by Gasteiger charge is -2.08. The number of hydrogen-bond acceptors (Lipinski definition) is 2. The normalized spacial score (nSPS) is 11.1. The standard InChI is InChI=1S/C23H25N3O/c1-18(2)23(27)24-16-8-15-22-25-20-13-6-7-14-21(20)26(22)17-9-12-19-10-4-3-5-11-19/h3-7,9-14H,1,8,15-17H2,2H3,(H,24,27)/b12-9+. The first-order chi connectivity index (χ1) is 13.1. The van der Waals surface area contributed by atoms with E-state index in [1.165, 1.54) is 5.56 Å². The predicted octanol–water partition coefficient (Wildman–Crippen LogP) is 4.37. The lowest BCUT2D eigenvalue weighted by Crippen LogP contribution is -2.25. The van der Waals surface area contributed by atoms with Crippen molar-refractivity contribution in [3.63, 3.8) is 0 Å². The zero-order valence-corrected chi connectivity index (χ0v) is 15.7. The van der Waals surface area contributed by atoms with Gasteiger partial charge in [0, 0.05) is 25.1 Å². The quantitative estimate of drug-likeness (QED) is 0.479. The van der Waals surface area contributed by atoms with Crippen molar-refractivity contribution in [1.82, 2.24) is 14.9 Å². The van der Waals surface area contributed by atoms with Gasteiger partial charge >= 0.3 is 0 Å². The van der Waals surface area contributed by atoms with Crippen LogP contribution in [0.1, 0.15) is 24.7 Å². The monoisotopic (exact) mass is 359 g/mol. The molecular formula is C23H25N3O. The summed E-state index contributed by atoms with van der Waals surface area (Å²) >= 11 is 0. The lowest BCUT2D eigenvalue weighted by atomic mass is 10.2. The van der Waals surface area contributed by atoms with E-state index in [9.17, 15) is 4.79 Å². The smallest absolute Gasteiger partial charge is 0.246 e. The van der Waals surface area contributed by atoms with Gasteiger partial charge in [0.1, 0.15) is 5.82 Å². The minimum absolute atomic E-state index is 0.0886. The fraction of sp³-hybridized carbons (Fsp3) is 0.217. The van der Waals surface area contributed by atoms with E-state index in [0.717, 1.165) is 36.2 Å². The summed E-state index contributed by atoms with van der Waals surface area (Å²) in [5.41, 5.74) is 3.86. The number of nitrogens with one attached hydrogen (secondary N) is 1. The molecule has 0 aliphatic rings. The van der Waals surface area contributed by atoms with E-state index < -0.39 is 0 Å². The first kappa shape index (κ1) is 18.6. The van der Waals surface area contributed by atoms with Crippen LogP contribution in [0.2, 0.25) is 0 Å². The topological polar surface area (TPSA) is 46.9 Å². The van der Waals surface area contributed by atoms with Crippen LogP contribution in [0.15, 0.2) is 72.8 Å². The molecule has 4 nitrogen and oxygen atoms in total. The average Bonchev–Trinajstić information content (AvgIpc) is 3.03. The Morgan fingerprint density at radius 1 is 1.15 bits per heavy atom. The summed E-state index contributed by atoms with van der Waals surface area (Å²) in [5, 5.41) is 2.88. The Morgan fingerprint density at radius 3 is 2.67 bits per heavy atom. The number of amides is 1. The van der Waals surface area contributed by atoms with Crippen molar-refractivity contribution in [1.29, 1.82) is 0 Å². The van der Waals surface area contributed by atoms with Gasteiger partial charge in [0.25, 0.3) is 0 Å². The largest absolute Gasteiger partial charge is 0.352 e. The molecule has 3 rings (SSSR count). The van der Waals surface area contributed by atoms with Crippen LogP contribution in [0.5, 0.6) is 0 Å². The van der Waals surface area contributed by atoms with Gasteiger partial charge in [-0.2, -0.15) is 0 Å². The van der Waals surface area contributed by atoms with Crippen molar-refractivity contribution < 1.29 is 4.79 Å². The highest BCUT2D eigenvalue weighted by Gasteiger charge is 2.09. The lowest BCUT2D eigenvalue weighted by molar-refractivity contribution is -0.117. The highest BCUT2D eigenvalue weighted by atomic mass is 16.1. The van der Waals surface area contributed by atoms with Gasteiger partial charge in [-0.15, -0.1) is 0 Å². The van der Waals surface area contributed by atoms with Crippen LogP contribution in [-0.2, 0) is 17.8 Å². The van der Waals surface area contributed by atoms with Gasteiger partial charge in [0.15, 0.2) is 0 Å². The number of carbonyl (C=O) groups excluding carboxylic acids is 1. The molecule has 0 saturated carbocycles. The second-order valence-electron chi connectivity index (χ2n) is 6.58. The minimum Gasteiger partial charge on any atom is -0.352 e. The fourth-order valence-corrected chi connectivity index (χ4v) is 2.98. The van der Waals surface area contributed by atoms with Crippen molar-refractivity contribution in [2.45, 2.75) is 26.3 Å². The van der Waals surface area contributed by atoms with E-state index in [1.54, 1.807) is 6.92 Å². The fourth-order valence-electron chi connectivity index (χ4n) is 2.98. The number of allylic oxidation sites excluding steroid dienone is 1. The molecular weight excluding hydrogens is 334 g/mol. The third-order valence-electron chi connectivity index (χ3n) is 4.38. The summed E-state index contributed by atoms with van der Waals surface area (Å²) in [6.07, 6.45) is 5.94. The number of rotatable bonds is 8. The Balaban J connectivity index is 1.70. The van der Waals surface area contributed by atoms with Crippen molar-refractivity contribution in [2.75, 3.05) is 6.54 Å². The van der Waals surface area contributed by atoms with Gasteiger partial charge in [0.2, 0.25) is 5.91 Å². The highest BCUT2D eigenvalue weighted by molar-refractivity contribution is 5.92. The maximum Gasteiger partial charge on any atom is 0.246 e. The van der Waals surface area contributed by atoms with E-state index in [1.807, 2.05) is 36.4 Å². The van der Waals surface area contributed by atoms with Crippen LogP contribution in [-0.4, -0.2) is 22.0 Å². The highest BCUT2D eigenvalue weighted by Crippen LogP contribution is 2.17. The maximum atomic E-state index is 11.6. The number of para-hydroxylation sites is 2. The summed E-state index contributed by atoms with van der Waals surface area (Å²) < 4.78 is 2.25. The Kier molecular flexibility index (Phi) is 6.21. The van der Waals surface area contributed by atoms with Crippen molar-refractivity contribution in [3.05, 3.63) is 84.2 Å². The van der Waals surface area contributed by atoms with Crippen molar-refractivity contribution in [3.8, 4) is 0 Å². The molecule has 0 saturated heterocycles. The summed E-state index contributed by atoms with van der Waals surface area (Å²) in [6, 6.07) is 18.5. The molecule has 2 aromatic carbocycles. The van der Waals surface area contributed by atoms with Crippen LogP contribution in [0, 0.1) is 0 Å². The predicted molar refractivity (Wildman–Crippen MR) is 111 cm³/mol. The molecule has 4 heteroatoms. The molecule has 138 valence electrons.